The van der Waals surface area contributed by atoms with Crippen LogP contribution in [-0.2, 0) is 0 Å². The van der Waals surface area contributed by atoms with Crippen molar-refractivity contribution < 1.29 is 0 Å². The molecule has 3 N–H and O–H groups in total. The number of para-hydroxylation sites is 1. The maximum Gasteiger partial charge on any atom is 0.0366 e. The molecule has 1 saturated heterocycles. The molecule has 3 heteroatoms. The zero-order valence-corrected chi connectivity index (χ0v) is 15.3. The number of nitrogens with two attached hydrogens (primary N) is 1. The van der Waals surface area contributed by atoms with E-state index in [0.29, 0.717) is 6.04 Å². The lowest BCUT2D eigenvalue weighted by atomic mass is 9.82. The Morgan fingerprint density at radius 3 is 1.95 bits per heavy atom. The van der Waals surface area contributed by atoms with E-state index in [1.807, 2.05) is 13.8 Å². The van der Waals surface area contributed by atoms with Crippen molar-refractivity contribution >= 4 is 5.69 Å². The third-order valence-electron chi connectivity index (χ3n) is 4.79. The summed E-state index contributed by atoms with van der Waals surface area (Å²) in [4.78, 5) is 2.47. The van der Waals surface area contributed by atoms with Crippen molar-refractivity contribution in [3.05, 3.63) is 30.3 Å². The highest BCUT2D eigenvalue weighted by atomic mass is 15.2. The van der Waals surface area contributed by atoms with E-state index in [9.17, 15) is 0 Å². The number of hydrogen-bond acceptors (Lipinski definition) is 3. The average Bonchev–Trinajstić information content (AvgIpc) is 2.49. The van der Waals surface area contributed by atoms with Gasteiger partial charge in [0.2, 0.25) is 0 Å². The molecule has 0 saturated carbocycles. The molecule has 1 heterocycles. The predicted molar refractivity (Wildman–Crippen MR) is 98.5 cm³/mol. The van der Waals surface area contributed by atoms with Gasteiger partial charge in [0, 0.05) is 35.9 Å². The molecule has 1 aliphatic heterocycles. The van der Waals surface area contributed by atoms with Crippen LogP contribution in [0.2, 0.25) is 0 Å². The maximum absolute atomic E-state index is 6.28. The molecule has 1 aromatic carbocycles. The van der Waals surface area contributed by atoms with E-state index in [4.69, 9.17) is 5.73 Å². The Balaban J connectivity index is 0.00000116. The van der Waals surface area contributed by atoms with Crippen molar-refractivity contribution in [2.75, 3.05) is 18.0 Å². The SMILES string of the molecule is CC.CC(C)(N)C(C)(C)NC1CCN(c2ccccc2)CC1. The second-order valence-electron chi connectivity index (χ2n) is 7.09. The van der Waals surface area contributed by atoms with Gasteiger partial charge in [-0.2, -0.15) is 0 Å². The normalized spacial score (nSPS) is 17.0. The van der Waals surface area contributed by atoms with Gasteiger partial charge in [0.05, 0.1) is 0 Å². The highest BCUT2D eigenvalue weighted by molar-refractivity contribution is 5.46. The van der Waals surface area contributed by atoms with Crippen molar-refractivity contribution in [2.45, 2.75) is 71.5 Å². The van der Waals surface area contributed by atoms with Crippen LogP contribution in [0.1, 0.15) is 54.4 Å². The third kappa shape index (κ3) is 4.99. The fraction of sp³-hybridized carbons (Fsp3) is 0.684. The van der Waals surface area contributed by atoms with Gasteiger partial charge in [-0.05, 0) is 52.7 Å². The molecule has 0 aliphatic carbocycles. The summed E-state index contributed by atoms with van der Waals surface area (Å²) in [7, 11) is 0. The second kappa shape index (κ2) is 7.98. The molecular formula is C19H35N3. The van der Waals surface area contributed by atoms with Gasteiger partial charge >= 0.3 is 0 Å². The molecule has 3 nitrogen and oxygen atoms in total. The van der Waals surface area contributed by atoms with E-state index >= 15 is 0 Å². The van der Waals surface area contributed by atoms with Crippen molar-refractivity contribution in [3.8, 4) is 0 Å². The first-order valence-corrected chi connectivity index (χ1v) is 8.66. The Labute approximate surface area is 137 Å². The van der Waals surface area contributed by atoms with Crippen molar-refractivity contribution in [3.63, 3.8) is 0 Å². The van der Waals surface area contributed by atoms with Gasteiger partial charge in [-0.3, -0.25) is 0 Å². The van der Waals surface area contributed by atoms with E-state index in [0.717, 1.165) is 13.1 Å². The number of hydrogen-bond donors (Lipinski definition) is 2. The Hall–Kier alpha value is -1.06. The first-order valence-electron chi connectivity index (χ1n) is 8.66. The minimum absolute atomic E-state index is 0.0490. The first kappa shape index (κ1) is 19.0. The molecule has 1 aliphatic rings. The van der Waals surface area contributed by atoms with Crippen LogP contribution in [0.5, 0.6) is 0 Å². The summed E-state index contributed by atoms with van der Waals surface area (Å²) in [6, 6.07) is 11.2. The molecule has 2 rings (SSSR count). The molecule has 22 heavy (non-hydrogen) atoms. The van der Waals surface area contributed by atoms with E-state index in [1.54, 1.807) is 0 Å². The van der Waals surface area contributed by atoms with Gasteiger partial charge in [-0.25, -0.2) is 0 Å². The summed E-state index contributed by atoms with van der Waals surface area (Å²) < 4.78 is 0. The third-order valence-corrected chi connectivity index (χ3v) is 4.79. The number of nitrogens with zero attached hydrogens (tertiary/aromatic N) is 1. The lowest BCUT2D eigenvalue weighted by Crippen LogP contribution is -2.64. The van der Waals surface area contributed by atoms with Gasteiger partial charge < -0.3 is 16.0 Å². The molecule has 1 aromatic rings. The molecule has 126 valence electrons. The summed E-state index contributed by atoms with van der Waals surface area (Å²) in [5.74, 6) is 0. The van der Waals surface area contributed by atoms with Crippen LogP contribution < -0.4 is 16.0 Å². The number of benzene rings is 1. The monoisotopic (exact) mass is 305 g/mol. The van der Waals surface area contributed by atoms with Gasteiger partial charge in [0.15, 0.2) is 0 Å². The average molecular weight is 306 g/mol. The van der Waals surface area contributed by atoms with Crippen LogP contribution in [0.15, 0.2) is 30.3 Å². The molecule has 0 bridgehead atoms. The molecule has 0 spiro atoms. The quantitative estimate of drug-likeness (QED) is 0.889. The van der Waals surface area contributed by atoms with Crippen LogP contribution in [0.25, 0.3) is 0 Å². The minimum atomic E-state index is -0.219. The molecule has 0 amide bonds. The van der Waals surface area contributed by atoms with E-state index in [-0.39, 0.29) is 11.1 Å². The van der Waals surface area contributed by atoms with Crippen LogP contribution in [-0.4, -0.2) is 30.2 Å². The summed E-state index contributed by atoms with van der Waals surface area (Å²) in [5, 5.41) is 3.76. The van der Waals surface area contributed by atoms with Crippen LogP contribution in [0, 0.1) is 0 Å². The van der Waals surface area contributed by atoms with Crippen LogP contribution in [0.3, 0.4) is 0 Å². The zero-order valence-electron chi connectivity index (χ0n) is 15.3. The van der Waals surface area contributed by atoms with E-state index in [1.165, 1.54) is 18.5 Å². The lowest BCUT2D eigenvalue weighted by molar-refractivity contribution is 0.203. The Morgan fingerprint density at radius 1 is 1.00 bits per heavy atom. The summed E-state index contributed by atoms with van der Waals surface area (Å²) in [6.45, 7) is 14.8. The standard InChI is InChI=1S/C17H29N3.C2H6/c1-16(2,18)17(3,4)19-14-10-12-20(13-11-14)15-8-6-5-7-9-15;1-2/h5-9,14,19H,10-13,18H2,1-4H3;1-2H3. The number of piperidine rings is 1. The van der Waals surface area contributed by atoms with Crippen molar-refractivity contribution in [1.29, 1.82) is 0 Å². The van der Waals surface area contributed by atoms with Gasteiger partial charge in [0.1, 0.15) is 0 Å². The molecular weight excluding hydrogens is 270 g/mol. The molecule has 0 unspecified atom stereocenters. The second-order valence-corrected chi connectivity index (χ2v) is 7.09. The van der Waals surface area contributed by atoms with Gasteiger partial charge in [-0.15, -0.1) is 0 Å². The molecule has 0 radical (unpaired) electrons. The molecule has 0 aromatic heterocycles. The Morgan fingerprint density at radius 2 is 1.50 bits per heavy atom. The number of rotatable bonds is 4. The van der Waals surface area contributed by atoms with Gasteiger partial charge in [-0.1, -0.05) is 32.0 Å². The highest BCUT2D eigenvalue weighted by Crippen LogP contribution is 2.24. The fourth-order valence-corrected chi connectivity index (χ4v) is 2.62. The first-order chi connectivity index (χ1) is 10.3. The topological polar surface area (TPSA) is 41.3 Å². The summed E-state index contributed by atoms with van der Waals surface area (Å²) >= 11 is 0. The largest absolute Gasteiger partial charge is 0.371 e. The van der Waals surface area contributed by atoms with Gasteiger partial charge in [0.25, 0.3) is 0 Å². The smallest absolute Gasteiger partial charge is 0.0366 e. The minimum Gasteiger partial charge on any atom is -0.371 e. The van der Waals surface area contributed by atoms with E-state index < -0.39 is 0 Å². The summed E-state index contributed by atoms with van der Waals surface area (Å²) in [5.41, 5.74) is 7.35. The number of anilines is 1. The summed E-state index contributed by atoms with van der Waals surface area (Å²) in [6.07, 6.45) is 2.35. The Kier molecular flexibility index (Phi) is 6.89. The van der Waals surface area contributed by atoms with Crippen molar-refractivity contribution in [1.82, 2.24) is 5.32 Å². The Bertz CT molecular complexity index is 412. The molecule has 1 fully saturated rings. The van der Waals surface area contributed by atoms with Crippen molar-refractivity contribution in [2.24, 2.45) is 5.73 Å². The fourth-order valence-electron chi connectivity index (χ4n) is 2.62. The van der Waals surface area contributed by atoms with E-state index in [2.05, 4.69) is 68.2 Å². The molecule has 0 atom stereocenters. The zero-order chi connectivity index (χ0) is 16.8. The van der Waals surface area contributed by atoms with Crippen LogP contribution in [0.4, 0.5) is 5.69 Å². The number of nitrogens with one attached hydrogen (secondary N) is 1. The predicted octanol–water partition coefficient (Wildman–Crippen LogP) is 3.79. The highest BCUT2D eigenvalue weighted by Gasteiger charge is 2.35. The lowest BCUT2D eigenvalue weighted by Gasteiger charge is -2.44. The maximum atomic E-state index is 6.28. The van der Waals surface area contributed by atoms with Crippen LogP contribution >= 0.6 is 0 Å².